The molecule has 1 aliphatic heterocycles. The highest BCUT2D eigenvalue weighted by Gasteiger charge is 2.32. The Morgan fingerprint density at radius 1 is 1.03 bits per heavy atom. The molecule has 0 radical (unpaired) electrons. The number of hydrogen-bond acceptors (Lipinski definition) is 6. The van der Waals surface area contributed by atoms with Gasteiger partial charge in [-0.05, 0) is 57.9 Å². The topological polar surface area (TPSA) is 105 Å². The van der Waals surface area contributed by atoms with Gasteiger partial charge in [0.15, 0.2) is 11.5 Å². The highest BCUT2D eigenvalue weighted by molar-refractivity contribution is 7.92. The second-order valence-corrected chi connectivity index (χ2v) is 11.2. The van der Waals surface area contributed by atoms with E-state index in [0.717, 1.165) is 15.4 Å². The van der Waals surface area contributed by atoms with Crippen LogP contribution in [0.25, 0.3) is 0 Å². The number of amides is 2. The highest BCUT2D eigenvalue weighted by atomic mass is 32.2. The number of aryl methyl sites for hydroxylation is 1. The van der Waals surface area contributed by atoms with Gasteiger partial charge in [0.2, 0.25) is 21.8 Å². The number of anilines is 1. The van der Waals surface area contributed by atoms with Crippen molar-refractivity contribution in [2.45, 2.75) is 53.2 Å². The molecule has 1 N–H and O–H groups in total. The largest absolute Gasteiger partial charge is 0.486 e. The smallest absolute Gasteiger partial charge is 0.244 e. The van der Waals surface area contributed by atoms with Gasteiger partial charge in [-0.2, -0.15) is 0 Å². The van der Waals surface area contributed by atoms with Gasteiger partial charge < -0.3 is 19.7 Å². The van der Waals surface area contributed by atoms with E-state index in [2.05, 4.69) is 5.32 Å². The van der Waals surface area contributed by atoms with Gasteiger partial charge in [-0.25, -0.2) is 8.42 Å². The van der Waals surface area contributed by atoms with E-state index < -0.39 is 28.5 Å². The minimum Gasteiger partial charge on any atom is -0.486 e. The average Bonchev–Trinajstić information content (AvgIpc) is 2.85. The molecule has 0 saturated heterocycles. The van der Waals surface area contributed by atoms with E-state index in [0.29, 0.717) is 30.4 Å². The van der Waals surface area contributed by atoms with Crippen LogP contribution in [0.2, 0.25) is 0 Å². The number of sulfonamides is 1. The van der Waals surface area contributed by atoms with E-state index >= 15 is 0 Å². The van der Waals surface area contributed by atoms with E-state index in [1.54, 1.807) is 25.1 Å². The Balaban J connectivity index is 1.96. The normalized spacial score (nSPS) is 13.7. The number of fused-ring (bicyclic) bond motifs is 1. The number of nitrogens with one attached hydrogen (secondary N) is 1. The van der Waals surface area contributed by atoms with Gasteiger partial charge in [0.1, 0.15) is 25.8 Å². The van der Waals surface area contributed by atoms with E-state index in [9.17, 15) is 18.0 Å². The van der Waals surface area contributed by atoms with Crippen molar-refractivity contribution in [2.75, 3.05) is 29.8 Å². The molecule has 0 fully saturated rings. The Hall–Kier alpha value is -3.27. The summed E-state index contributed by atoms with van der Waals surface area (Å²) in [6.45, 7) is 9.26. The summed E-state index contributed by atoms with van der Waals surface area (Å²) in [6.07, 6.45) is 0. The Morgan fingerprint density at radius 2 is 1.69 bits per heavy atom. The van der Waals surface area contributed by atoms with Gasteiger partial charge in [-0.3, -0.25) is 13.9 Å². The third kappa shape index (κ3) is 6.48. The first-order chi connectivity index (χ1) is 17.0. The molecule has 3 rings (SSSR count). The van der Waals surface area contributed by atoms with Crippen molar-refractivity contribution >= 4 is 27.5 Å². The van der Waals surface area contributed by atoms with Gasteiger partial charge >= 0.3 is 0 Å². The molecule has 0 bridgehead atoms. The van der Waals surface area contributed by atoms with Gasteiger partial charge in [0.25, 0.3) is 0 Å². The van der Waals surface area contributed by atoms with Crippen molar-refractivity contribution in [1.82, 2.24) is 10.2 Å². The second-order valence-electron chi connectivity index (χ2n) is 9.02. The third-order valence-corrected chi connectivity index (χ3v) is 7.73. The summed E-state index contributed by atoms with van der Waals surface area (Å²) in [5, 5.41) is 2.84. The third-order valence-electron chi connectivity index (χ3n) is 5.99. The van der Waals surface area contributed by atoms with Crippen LogP contribution in [0.4, 0.5) is 5.69 Å². The molecule has 0 spiro atoms. The average molecular weight is 518 g/mol. The first-order valence-corrected chi connectivity index (χ1v) is 13.7. The van der Waals surface area contributed by atoms with Crippen molar-refractivity contribution in [3.8, 4) is 11.5 Å². The maximum Gasteiger partial charge on any atom is 0.244 e. The number of benzene rings is 2. The van der Waals surface area contributed by atoms with Crippen LogP contribution in [-0.2, 0) is 26.2 Å². The fraction of sp³-hybridized carbons (Fsp3) is 0.462. The predicted molar refractivity (Wildman–Crippen MR) is 139 cm³/mol. The van der Waals surface area contributed by atoms with E-state index in [1.165, 1.54) is 11.8 Å². The fourth-order valence-corrected chi connectivity index (χ4v) is 4.92. The molecule has 10 heteroatoms. The molecule has 2 amide bonds. The van der Waals surface area contributed by atoms with Gasteiger partial charge in [0, 0.05) is 18.7 Å². The lowest BCUT2D eigenvalue weighted by molar-refractivity contribution is -0.139. The van der Waals surface area contributed by atoms with Gasteiger partial charge in [0.05, 0.1) is 11.4 Å². The van der Waals surface area contributed by atoms with Crippen molar-refractivity contribution in [2.24, 2.45) is 0 Å². The molecule has 36 heavy (non-hydrogen) atoms. The molecule has 1 heterocycles. The SMILES string of the molecule is CCS(=O)(=O)N(CC(=O)N(Cc1ccccc1C)[C@H](C)C(=O)NC(C)C)c1ccc2c(c1)OCCO2. The number of ether oxygens (including phenoxy) is 2. The Bertz CT molecular complexity index is 1200. The number of carbonyl (C=O) groups excluding carboxylic acids is 2. The van der Waals surface area contributed by atoms with Crippen molar-refractivity contribution in [3.63, 3.8) is 0 Å². The molecule has 0 aromatic heterocycles. The molecule has 9 nitrogen and oxygen atoms in total. The van der Waals surface area contributed by atoms with E-state index in [-0.39, 0.29) is 24.2 Å². The molecular weight excluding hydrogens is 482 g/mol. The molecule has 0 unspecified atom stereocenters. The van der Waals surface area contributed by atoms with Crippen LogP contribution in [-0.4, -0.2) is 62.7 Å². The summed E-state index contributed by atoms with van der Waals surface area (Å²) < 4.78 is 38.4. The molecule has 196 valence electrons. The van der Waals surface area contributed by atoms with Crippen LogP contribution >= 0.6 is 0 Å². The summed E-state index contributed by atoms with van der Waals surface area (Å²) in [4.78, 5) is 28.0. The lowest BCUT2D eigenvalue weighted by atomic mass is 10.1. The summed E-state index contributed by atoms with van der Waals surface area (Å²) >= 11 is 0. The molecule has 0 saturated carbocycles. The van der Waals surface area contributed by atoms with Crippen LogP contribution in [0.3, 0.4) is 0 Å². The standard InChI is InChI=1S/C26H35N3O6S/c1-6-36(32,33)29(22-11-12-23-24(15-22)35-14-13-34-23)17-25(30)28(20(5)26(31)27-18(2)3)16-21-10-8-7-9-19(21)4/h7-12,15,18,20H,6,13-14,16-17H2,1-5H3,(H,27,31)/t20-/m1/s1. The second kappa shape index (κ2) is 11.6. The predicted octanol–water partition coefficient (Wildman–Crippen LogP) is 2.86. The summed E-state index contributed by atoms with van der Waals surface area (Å²) in [5.74, 6) is -0.0578. The Morgan fingerprint density at radius 3 is 2.33 bits per heavy atom. The number of nitrogens with zero attached hydrogens (tertiary/aromatic N) is 2. The molecule has 1 aliphatic rings. The molecule has 2 aromatic carbocycles. The van der Waals surface area contributed by atoms with Crippen molar-refractivity contribution in [1.29, 1.82) is 0 Å². The van der Waals surface area contributed by atoms with Crippen LogP contribution < -0.4 is 19.1 Å². The Labute approximate surface area is 213 Å². The molecule has 2 aromatic rings. The first kappa shape index (κ1) is 27.3. The molecule has 1 atom stereocenters. The van der Waals surface area contributed by atoms with Crippen LogP contribution in [0.5, 0.6) is 11.5 Å². The number of rotatable bonds is 10. The van der Waals surface area contributed by atoms with Crippen LogP contribution in [0, 0.1) is 6.92 Å². The quantitative estimate of drug-likeness (QED) is 0.520. The monoisotopic (exact) mass is 517 g/mol. The fourth-order valence-electron chi connectivity index (χ4n) is 3.87. The highest BCUT2D eigenvalue weighted by Crippen LogP contribution is 2.35. The minimum atomic E-state index is -3.83. The Kier molecular flexibility index (Phi) is 8.84. The molecular formula is C26H35N3O6S. The zero-order valence-corrected chi connectivity index (χ0v) is 22.3. The zero-order valence-electron chi connectivity index (χ0n) is 21.5. The van der Waals surface area contributed by atoms with E-state index in [1.807, 2.05) is 45.0 Å². The lowest BCUT2D eigenvalue weighted by Crippen LogP contribution is -2.52. The number of carbonyl (C=O) groups is 2. The number of hydrogen-bond donors (Lipinski definition) is 1. The van der Waals surface area contributed by atoms with Gasteiger partial charge in [-0.1, -0.05) is 24.3 Å². The first-order valence-electron chi connectivity index (χ1n) is 12.1. The molecule has 0 aliphatic carbocycles. The van der Waals surface area contributed by atoms with E-state index in [4.69, 9.17) is 9.47 Å². The van der Waals surface area contributed by atoms with Crippen LogP contribution in [0.15, 0.2) is 42.5 Å². The summed E-state index contributed by atoms with van der Waals surface area (Å²) in [5.41, 5.74) is 2.14. The minimum absolute atomic E-state index is 0.106. The maximum atomic E-state index is 13.7. The summed E-state index contributed by atoms with van der Waals surface area (Å²) in [7, 11) is -3.83. The maximum absolute atomic E-state index is 13.7. The van der Waals surface area contributed by atoms with Crippen molar-refractivity contribution < 1.29 is 27.5 Å². The zero-order chi connectivity index (χ0) is 26.5. The summed E-state index contributed by atoms with van der Waals surface area (Å²) in [6, 6.07) is 11.5. The van der Waals surface area contributed by atoms with Crippen LogP contribution in [0.1, 0.15) is 38.8 Å². The van der Waals surface area contributed by atoms with Crippen molar-refractivity contribution in [3.05, 3.63) is 53.6 Å². The van der Waals surface area contributed by atoms with Gasteiger partial charge in [-0.15, -0.1) is 0 Å². The lowest BCUT2D eigenvalue weighted by Gasteiger charge is -2.32.